The molecule has 2 aromatic carbocycles. The summed E-state index contributed by atoms with van der Waals surface area (Å²) in [5.41, 5.74) is -2.65. The Balaban J connectivity index is 2.02. The van der Waals surface area contributed by atoms with Crippen LogP contribution in [0.25, 0.3) is 0 Å². The molecule has 3 rings (SSSR count). The molecule has 1 aliphatic rings. The van der Waals surface area contributed by atoms with Gasteiger partial charge in [0.05, 0.1) is 4.11 Å². The molecular weight excluding hydrogens is 342 g/mol. The molecule has 0 aromatic heterocycles. The summed E-state index contributed by atoms with van der Waals surface area (Å²) in [6.07, 6.45) is -2.49. The monoisotopic (exact) mass is 364 g/mol. The van der Waals surface area contributed by atoms with Gasteiger partial charge in [0.1, 0.15) is 5.70 Å². The topological polar surface area (TPSA) is 95.7 Å². The summed E-state index contributed by atoms with van der Waals surface area (Å²) in [6.45, 7) is 1.78. The van der Waals surface area contributed by atoms with Crippen LogP contribution in [0.3, 0.4) is 0 Å². The first kappa shape index (κ1) is 11.7. The minimum atomic E-state index is -5.14. The zero-order chi connectivity index (χ0) is 22.3. The standard InChI is InChI=1S/C18H17NO5S/c1-12-7-9-14(10-8-12)16-15(20)17(18(19)23-16)24-25(21,22)11-13-5-3-2-4-6-13/h2-10,16H,11,19H2,1H3/i11D2,16D/hD2. The molecule has 0 radical (unpaired) electrons. The van der Waals surface area contributed by atoms with E-state index < -0.39 is 39.3 Å². The lowest BCUT2D eigenvalue weighted by Crippen LogP contribution is -2.16. The maximum atomic E-state index is 12.9. The van der Waals surface area contributed by atoms with E-state index in [2.05, 4.69) is 0 Å². The van der Waals surface area contributed by atoms with Gasteiger partial charge in [-0.2, -0.15) is 8.42 Å². The average Bonchev–Trinajstić information content (AvgIpc) is 2.95. The number of ketones is 1. The number of hydrogen-bond donors (Lipinski definition) is 1. The van der Waals surface area contributed by atoms with Crippen LogP contribution in [-0.4, -0.2) is 14.2 Å². The van der Waals surface area contributed by atoms with Gasteiger partial charge in [-0.1, -0.05) is 60.2 Å². The number of carbonyl (C=O) groups excluding carboxylic acids is 1. The molecule has 6 nitrogen and oxygen atoms in total. The minimum absolute atomic E-state index is 0.0273. The Kier molecular flexibility index (Phi) is 3.09. The van der Waals surface area contributed by atoms with Crippen molar-refractivity contribution < 1.29 is 29.1 Å². The number of benzene rings is 2. The third-order valence-corrected chi connectivity index (χ3v) is 4.20. The quantitative estimate of drug-likeness (QED) is 0.790. The van der Waals surface area contributed by atoms with Crippen LogP contribution in [0.4, 0.5) is 0 Å². The highest BCUT2D eigenvalue weighted by Crippen LogP contribution is 2.32. The van der Waals surface area contributed by atoms with Crippen LogP contribution in [-0.2, 0) is 29.5 Å². The molecule has 0 saturated carbocycles. The van der Waals surface area contributed by atoms with Gasteiger partial charge in [-0.3, -0.25) is 4.79 Å². The second-order valence-corrected chi connectivity index (χ2v) is 6.55. The minimum Gasteiger partial charge on any atom is -0.460 e. The van der Waals surface area contributed by atoms with E-state index in [-0.39, 0.29) is 16.8 Å². The number of aryl methyl sites for hydroxylation is 1. The molecule has 0 aliphatic carbocycles. The smallest absolute Gasteiger partial charge is 0.313 e. The molecule has 1 aliphatic heterocycles. The average molecular weight is 364 g/mol. The molecule has 0 bridgehead atoms. The van der Waals surface area contributed by atoms with E-state index in [1.54, 1.807) is 25.1 Å². The molecular formula is C18H17NO5S. The maximum absolute atomic E-state index is 12.9. The Bertz CT molecular complexity index is 1100. The number of Topliss-reactive ketones (excluding diaryl/α,β-unsaturated/α-hetero) is 1. The van der Waals surface area contributed by atoms with E-state index in [4.69, 9.17) is 15.9 Å². The van der Waals surface area contributed by atoms with E-state index in [0.29, 0.717) is 0 Å². The normalized spacial score (nSPS) is 23.7. The predicted octanol–water partition coefficient (Wildman–Crippen LogP) is 2.31. The highest BCUT2D eigenvalue weighted by molar-refractivity contribution is 7.86. The SMILES string of the molecule is [2H]N([2H])C1=C(OS(=O)(=O)C([2H])([2H])c2ccccc2)C(=O)C([2H])(c2ccc(C)cc2)O1. The number of carbonyl (C=O) groups is 1. The van der Waals surface area contributed by atoms with Gasteiger partial charge in [-0.25, -0.2) is 0 Å². The summed E-state index contributed by atoms with van der Waals surface area (Å²) in [5.74, 6) is -3.34. The highest BCUT2D eigenvalue weighted by Gasteiger charge is 2.39. The third kappa shape index (κ3) is 3.83. The lowest BCUT2D eigenvalue weighted by molar-refractivity contribution is -0.123. The lowest BCUT2D eigenvalue weighted by atomic mass is 10.0. The van der Waals surface area contributed by atoms with Gasteiger partial charge in [-0.15, -0.1) is 0 Å². The molecule has 2 aromatic rings. The van der Waals surface area contributed by atoms with Crippen LogP contribution >= 0.6 is 0 Å². The molecule has 1 unspecified atom stereocenters. The Morgan fingerprint density at radius 3 is 2.56 bits per heavy atom. The summed E-state index contributed by atoms with van der Waals surface area (Å²) >= 11 is 0. The summed E-state index contributed by atoms with van der Waals surface area (Å²) in [6, 6.07) is 12.9. The number of rotatable bonds is 6. The zero-order valence-corrected chi connectivity index (χ0v) is 13.9. The fourth-order valence-electron chi connectivity index (χ4n) is 2.14. The van der Waals surface area contributed by atoms with Crippen molar-refractivity contribution in [2.45, 2.75) is 18.7 Å². The summed E-state index contributed by atoms with van der Waals surface area (Å²) < 4.78 is 74.4. The largest absolute Gasteiger partial charge is 0.460 e. The molecule has 0 fully saturated rings. The van der Waals surface area contributed by atoms with Crippen molar-refractivity contribution in [3.63, 3.8) is 0 Å². The van der Waals surface area contributed by atoms with E-state index >= 15 is 0 Å². The first-order valence-corrected chi connectivity index (χ1v) is 8.63. The molecule has 1 atom stereocenters. The molecule has 2 N–H and O–H groups in total. The second kappa shape index (κ2) is 6.60. The molecule has 0 amide bonds. The van der Waals surface area contributed by atoms with Crippen LogP contribution in [0, 0.1) is 6.92 Å². The van der Waals surface area contributed by atoms with Crippen molar-refractivity contribution in [2.75, 3.05) is 0 Å². The number of ether oxygens (including phenoxy) is 1. The molecule has 7 heteroatoms. The van der Waals surface area contributed by atoms with Gasteiger partial charge in [0.15, 0.2) is 8.90 Å². The van der Waals surface area contributed by atoms with Gasteiger partial charge in [0.2, 0.25) is 17.4 Å². The predicted molar refractivity (Wildman–Crippen MR) is 91.4 cm³/mol. The fourth-order valence-corrected chi connectivity index (χ4v) is 2.97. The summed E-state index contributed by atoms with van der Waals surface area (Å²) in [5, 5.41) is 0. The Morgan fingerprint density at radius 1 is 1.24 bits per heavy atom. The lowest BCUT2D eigenvalue weighted by Gasteiger charge is -2.10. The first-order valence-electron chi connectivity index (χ1n) is 9.62. The second-order valence-electron chi connectivity index (χ2n) is 5.27. The molecule has 130 valence electrons. The van der Waals surface area contributed by atoms with Crippen LogP contribution < -0.4 is 5.72 Å². The van der Waals surface area contributed by atoms with Gasteiger partial charge < -0.3 is 14.6 Å². The van der Waals surface area contributed by atoms with Crippen LogP contribution in [0.5, 0.6) is 0 Å². The maximum Gasteiger partial charge on any atom is 0.313 e. The van der Waals surface area contributed by atoms with Gasteiger partial charge in [0.25, 0.3) is 0 Å². The van der Waals surface area contributed by atoms with Gasteiger partial charge in [0, 0.05) is 5.56 Å². The van der Waals surface area contributed by atoms with Crippen molar-refractivity contribution in [2.24, 2.45) is 5.72 Å². The summed E-state index contributed by atoms with van der Waals surface area (Å²) in [4.78, 5) is 12.9. The van der Waals surface area contributed by atoms with E-state index in [0.717, 1.165) is 5.56 Å². The highest BCUT2D eigenvalue weighted by atomic mass is 32.2. The summed E-state index contributed by atoms with van der Waals surface area (Å²) in [7, 11) is -5.14. The molecule has 0 saturated heterocycles. The van der Waals surface area contributed by atoms with Crippen molar-refractivity contribution in [1.82, 2.24) is 0 Å². The van der Waals surface area contributed by atoms with E-state index in [9.17, 15) is 13.2 Å². The first-order chi connectivity index (χ1) is 13.9. The molecule has 0 spiro atoms. The van der Waals surface area contributed by atoms with Gasteiger partial charge in [-0.05, 0) is 12.5 Å². The van der Waals surface area contributed by atoms with Crippen LogP contribution in [0.2, 0.25) is 2.82 Å². The van der Waals surface area contributed by atoms with Gasteiger partial charge >= 0.3 is 10.1 Å². The van der Waals surface area contributed by atoms with E-state index in [1.165, 1.54) is 36.4 Å². The Morgan fingerprint density at radius 2 is 1.92 bits per heavy atom. The van der Waals surface area contributed by atoms with Crippen molar-refractivity contribution in [3.8, 4) is 0 Å². The molecule has 25 heavy (non-hydrogen) atoms. The molecule has 1 heterocycles. The number of nitrogens with two attached hydrogens (primary N) is 1. The third-order valence-electron chi connectivity index (χ3n) is 3.33. The zero-order valence-electron chi connectivity index (χ0n) is 18.1. The Labute approximate surface area is 153 Å². The van der Waals surface area contributed by atoms with Crippen molar-refractivity contribution in [1.29, 1.82) is 0 Å². The number of hydrogen-bond acceptors (Lipinski definition) is 6. The Hall–Kier alpha value is -2.80. The van der Waals surface area contributed by atoms with E-state index in [1.807, 2.05) is 0 Å². The van der Waals surface area contributed by atoms with Crippen LogP contribution in [0.1, 0.15) is 26.9 Å². The van der Waals surface area contributed by atoms with Crippen molar-refractivity contribution >= 4 is 15.9 Å². The van der Waals surface area contributed by atoms with Crippen LogP contribution in [0.15, 0.2) is 66.2 Å². The fraction of sp³-hybridized carbons (Fsp3) is 0.167. The van der Waals surface area contributed by atoms with Crippen molar-refractivity contribution in [3.05, 3.63) is 82.9 Å².